The smallest absolute Gasteiger partial charge is 0.415 e. The Hall–Kier alpha value is -1.71. The van der Waals surface area contributed by atoms with Crippen molar-refractivity contribution in [2.45, 2.75) is 45.8 Å². The number of carbonyl (C=O) groups excluding carboxylic acids is 1. The Bertz CT molecular complexity index is 465. The van der Waals surface area contributed by atoms with Crippen molar-refractivity contribution in [3.05, 3.63) is 24.3 Å². The van der Waals surface area contributed by atoms with E-state index in [1.165, 1.54) is 0 Å². The summed E-state index contributed by atoms with van der Waals surface area (Å²) in [6.07, 6.45) is 0.615. The van der Waals surface area contributed by atoms with Crippen molar-refractivity contribution >= 4 is 17.5 Å². The number of nitrogens with zero attached hydrogens (tertiary/aromatic N) is 1. The molecule has 0 radical (unpaired) electrons. The molecule has 1 atom stereocenters. The first-order valence-electron chi connectivity index (χ1n) is 6.73. The van der Waals surface area contributed by atoms with E-state index in [0.717, 1.165) is 24.3 Å². The number of hydrogen-bond donors (Lipinski definition) is 1. The molecule has 0 aromatic heterocycles. The van der Waals surface area contributed by atoms with Crippen LogP contribution in [0.4, 0.5) is 16.2 Å². The van der Waals surface area contributed by atoms with E-state index in [2.05, 4.69) is 5.32 Å². The topological polar surface area (TPSA) is 41.6 Å². The van der Waals surface area contributed by atoms with Crippen LogP contribution in [0.1, 0.15) is 34.1 Å². The van der Waals surface area contributed by atoms with Crippen molar-refractivity contribution in [2.24, 2.45) is 0 Å². The van der Waals surface area contributed by atoms with E-state index in [1.807, 2.05) is 52.0 Å². The fraction of sp³-hybridized carbons (Fsp3) is 0.533. The number of ether oxygens (including phenoxy) is 1. The van der Waals surface area contributed by atoms with Crippen molar-refractivity contribution in [3.63, 3.8) is 0 Å². The molecule has 104 valence electrons. The van der Waals surface area contributed by atoms with Crippen LogP contribution in [0.5, 0.6) is 0 Å². The van der Waals surface area contributed by atoms with Gasteiger partial charge in [-0.3, -0.25) is 4.90 Å². The molecule has 1 aliphatic heterocycles. The molecule has 1 unspecified atom stereocenters. The summed E-state index contributed by atoms with van der Waals surface area (Å²) in [4.78, 5) is 14.2. The van der Waals surface area contributed by atoms with Crippen LogP contribution >= 0.6 is 0 Å². The van der Waals surface area contributed by atoms with Crippen LogP contribution in [-0.2, 0) is 4.74 Å². The molecule has 1 amide bonds. The maximum atomic E-state index is 12.4. The van der Waals surface area contributed by atoms with Gasteiger partial charge in [0.15, 0.2) is 0 Å². The fourth-order valence-electron chi connectivity index (χ4n) is 2.20. The van der Waals surface area contributed by atoms with Gasteiger partial charge in [0.25, 0.3) is 0 Å². The molecule has 1 N–H and O–H groups in total. The number of nitrogens with one attached hydrogen (secondary N) is 1. The van der Waals surface area contributed by atoms with Gasteiger partial charge in [-0.15, -0.1) is 0 Å². The lowest BCUT2D eigenvalue weighted by molar-refractivity contribution is 0.0568. The van der Waals surface area contributed by atoms with E-state index in [0.29, 0.717) is 0 Å². The maximum absolute atomic E-state index is 12.4. The zero-order chi connectivity index (χ0) is 14.0. The van der Waals surface area contributed by atoms with Crippen LogP contribution in [0.25, 0.3) is 0 Å². The summed E-state index contributed by atoms with van der Waals surface area (Å²) in [5.41, 5.74) is 1.39. The average molecular weight is 262 g/mol. The third kappa shape index (κ3) is 3.19. The van der Waals surface area contributed by atoms with Crippen LogP contribution < -0.4 is 10.2 Å². The van der Waals surface area contributed by atoms with Crippen molar-refractivity contribution in [2.75, 3.05) is 16.8 Å². The largest absolute Gasteiger partial charge is 0.443 e. The predicted molar refractivity (Wildman–Crippen MR) is 77.7 cm³/mol. The summed E-state index contributed by atoms with van der Waals surface area (Å²) >= 11 is 0. The molecule has 1 heterocycles. The first-order chi connectivity index (χ1) is 8.88. The zero-order valence-electron chi connectivity index (χ0n) is 12.1. The number of carbonyl (C=O) groups is 1. The van der Waals surface area contributed by atoms with Gasteiger partial charge in [0, 0.05) is 12.6 Å². The number of rotatable bonds is 0. The van der Waals surface area contributed by atoms with Crippen molar-refractivity contribution < 1.29 is 9.53 Å². The average Bonchev–Trinajstić information content (AvgIpc) is 2.44. The maximum Gasteiger partial charge on any atom is 0.415 e. The van der Waals surface area contributed by atoms with Crippen LogP contribution in [-0.4, -0.2) is 24.3 Å². The number of amides is 1. The van der Waals surface area contributed by atoms with Gasteiger partial charge >= 0.3 is 6.09 Å². The number of fused-ring (bicyclic) bond motifs is 1. The number of para-hydroxylation sites is 2. The highest BCUT2D eigenvalue weighted by Crippen LogP contribution is 2.31. The van der Waals surface area contributed by atoms with E-state index < -0.39 is 5.60 Å². The third-order valence-electron chi connectivity index (χ3n) is 3.07. The Kier molecular flexibility index (Phi) is 3.69. The Morgan fingerprint density at radius 2 is 2.05 bits per heavy atom. The minimum atomic E-state index is -0.481. The molecule has 1 aromatic rings. The molecule has 4 heteroatoms. The molecule has 19 heavy (non-hydrogen) atoms. The summed E-state index contributed by atoms with van der Waals surface area (Å²) in [7, 11) is 0. The highest BCUT2D eigenvalue weighted by molar-refractivity contribution is 5.93. The predicted octanol–water partition coefficient (Wildman–Crippen LogP) is 3.63. The van der Waals surface area contributed by atoms with Gasteiger partial charge in [-0.05, 0) is 46.2 Å². The monoisotopic (exact) mass is 262 g/mol. The van der Waals surface area contributed by atoms with Gasteiger partial charge in [-0.25, -0.2) is 4.79 Å². The lowest BCUT2D eigenvalue weighted by atomic mass is 10.2. The highest BCUT2D eigenvalue weighted by Gasteiger charge is 2.30. The molecule has 1 aliphatic rings. The lowest BCUT2D eigenvalue weighted by Crippen LogP contribution is -2.42. The van der Waals surface area contributed by atoms with Crippen molar-refractivity contribution in [1.29, 1.82) is 0 Å². The van der Waals surface area contributed by atoms with Crippen molar-refractivity contribution in [1.82, 2.24) is 0 Å². The first-order valence-corrected chi connectivity index (χ1v) is 6.73. The van der Waals surface area contributed by atoms with Gasteiger partial charge in [0.1, 0.15) is 5.60 Å². The summed E-state index contributed by atoms with van der Waals surface area (Å²) in [6, 6.07) is 7.97. The summed E-state index contributed by atoms with van der Waals surface area (Å²) < 4.78 is 5.52. The Morgan fingerprint density at radius 3 is 2.74 bits per heavy atom. The van der Waals surface area contributed by atoms with Crippen LogP contribution in [0.15, 0.2) is 24.3 Å². The molecule has 0 fully saturated rings. The van der Waals surface area contributed by atoms with Gasteiger partial charge in [0.05, 0.1) is 11.4 Å². The Balaban J connectivity index is 2.33. The molecule has 1 aromatic carbocycles. The second-order valence-corrected chi connectivity index (χ2v) is 5.93. The van der Waals surface area contributed by atoms with Crippen molar-refractivity contribution in [3.8, 4) is 0 Å². The number of benzene rings is 1. The quantitative estimate of drug-likeness (QED) is 0.776. The molecular weight excluding hydrogens is 240 g/mol. The zero-order valence-corrected chi connectivity index (χ0v) is 12.1. The first kappa shape index (κ1) is 13.7. The molecule has 0 bridgehead atoms. The van der Waals surface area contributed by atoms with Gasteiger partial charge in [0.2, 0.25) is 0 Å². The summed E-state index contributed by atoms with van der Waals surface area (Å²) in [6.45, 7) is 8.57. The van der Waals surface area contributed by atoms with Gasteiger partial charge in [-0.1, -0.05) is 12.1 Å². The van der Waals surface area contributed by atoms with E-state index in [1.54, 1.807) is 4.90 Å². The molecule has 4 nitrogen and oxygen atoms in total. The number of anilines is 2. The van der Waals surface area contributed by atoms with E-state index in [-0.39, 0.29) is 12.1 Å². The molecule has 0 aliphatic carbocycles. The molecule has 0 spiro atoms. The summed E-state index contributed by atoms with van der Waals surface area (Å²) in [5.74, 6) is 0. The molecule has 0 saturated heterocycles. The lowest BCUT2D eigenvalue weighted by Gasteiger charge is -2.31. The third-order valence-corrected chi connectivity index (χ3v) is 3.07. The minimum absolute atomic E-state index is 0.117. The number of hydrogen-bond acceptors (Lipinski definition) is 3. The van der Waals surface area contributed by atoms with E-state index >= 15 is 0 Å². The minimum Gasteiger partial charge on any atom is -0.443 e. The fourth-order valence-corrected chi connectivity index (χ4v) is 2.20. The Morgan fingerprint density at radius 1 is 1.37 bits per heavy atom. The SMILES string of the molecule is CC1CCNc2ccccc2N1C(=O)OC(C)(C)C. The van der Waals surface area contributed by atoms with Crippen LogP contribution in [0.2, 0.25) is 0 Å². The second-order valence-electron chi connectivity index (χ2n) is 5.93. The van der Waals surface area contributed by atoms with Crippen LogP contribution in [0, 0.1) is 0 Å². The normalized spacial score (nSPS) is 19.2. The molecule has 0 saturated carbocycles. The molecule has 2 rings (SSSR count). The summed E-state index contributed by atoms with van der Waals surface area (Å²) in [5, 5.41) is 3.35. The van der Waals surface area contributed by atoms with Gasteiger partial charge in [-0.2, -0.15) is 0 Å². The Labute approximate surface area is 114 Å². The molecular formula is C15H22N2O2. The van der Waals surface area contributed by atoms with Gasteiger partial charge < -0.3 is 10.1 Å². The van der Waals surface area contributed by atoms with E-state index in [4.69, 9.17) is 4.74 Å². The highest BCUT2D eigenvalue weighted by atomic mass is 16.6. The van der Waals surface area contributed by atoms with E-state index in [9.17, 15) is 4.79 Å². The van der Waals surface area contributed by atoms with Crippen LogP contribution in [0.3, 0.4) is 0 Å². The second kappa shape index (κ2) is 5.11. The standard InChI is InChI=1S/C15H22N2O2/c1-11-9-10-16-12-7-5-6-8-13(12)17(11)14(18)19-15(2,3)4/h5-8,11,16H,9-10H2,1-4H3.